The van der Waals surface area contributed by atoms with Crippen LogP contribution in [0.3, 0.4) is 0 Å². The zero-order valence-corrected chi connectivity index (χ0v) is 12.6. The van der Waals surface area contributed by atoms with Crippen molar-refractivity contribution in [3.63, 3.8) is 0 Å². The van der Waals surface area contributed by atoms with Gasteiger partial charge in [0.1, 0.15) is 0 Å². The van der Waals surface area contributed by atoms with Crippen LogP contribution in [0.4, 0.5) is 10.8 Å². The number of hydrogen-bond acceptors (Lipinski definition) is 5. The summed E-state index contributed by atoms with van der Waals surface area (Å²) in [5, 5.41) is 4.14. The minimum atomic E-state index is 0.598. The van der Waals surface area contributed by atoms with Crippen molar-refractivity contribution < 1.29 is 4.74 Å². The first-order valence-corrected chi connectivity index (χ1v) is 7.38. The molecule has 5 heteroatoms. The molecular weight excluding hydrogens is 282 g/mol. The molecule has 2 aromatic heterocycles. The number of methoxy groups -OCH3 is 1. The van der Waals surface area contributed by atoms with Crippen molar-refractivity contribution in [3.8, 4) is 17.1 Å². The van der Waals surface area contributed by atoms with E-state index in [9.17, 15) is 0 Å². The molecule has 21 heavy (non-hydrogen) atoms. The highest BCUT2D eigenvalue weighted by Crippen LogP contribution is 2.31. The maximum atomic E-state index is 5.05. The zero-order chi connectivity index (χ0) is 14.7. The quantitative estimate of drug-likeness (QED) is 0.781. The normalized spacial score (nSPS) is 10.4. The van der Waals surface area contributed by atoms with Gasteiger partial charge in [-0.1, -0.05) is 30.3 Å². The van der Waals surface area contributed by atoms with Gasteiger partial charge >= 0.3 is 0 Å². The van der Waals surface area contributed by atoms with Gasteiger partial charge in [-0.3, -0.25) is 0 Å². The molecular formula is C16H15N3OS. The molecule has 0 aliphatic heterocycles. The summed E-state index contributed by atoms with van der Waals surface area (Å²) < 4.78 is 5.05. The Bertz CT molecular complexity index is 723. The van der Waals surface area contributed by atoms with Gasteiger partial charge in [0.25, 0.3) is 0 Å². The second-order valence-electron chi connectivity index (χ2n) is 4.50. The average Bonchev–Trinajstić information content (AvgIpc) is 2.89. The third-order valence-corrected chi connectivity index (χ3v) is 3.93. The summed E-state index contributed by atoms with van der Waals surface area (Å²) in [7, 11) is 1.60. The molecule has 1 N–H and O–H groups in total. The van der Waals surface area contributed by atoms with E-state index < -0.39 is 0 Å². The Morgan fingerprint density at radius 1 is 1.10 bits per heavy atom. The Kier molecular flexibility index (Phi) is 3.83. The molecule has 0 fully saturated rings. The Hall–Kier alpha value is -2.40. The average molecular weight is 297 g/mol. The molecule has 0 spiro atoms. The number of rotatable bonds is 4. The molecule has 106 valence electrons. The van der Waals surface area contributed by atoms with Crippen molar-refractivity contribution in [3.05, 3.63) is 53.5 Å². The van der Waals surface area contributed by atoms with Crippen LogP contribution in [-0.2, 0) is 0 Å². The second kappa shape index (κ2) is 5.93. The highest BCUT2D eigenvalue weighted by atomic mass is 32.1. The lowest BCUT2D eigenvalue weighted by Gasteiger charge is -2.03. The van der Waals surface area contributed by atoms with Gasteiger partial charge in [0, 0.05) is 16.5 Å². The molecule has 0 atom stereocenters. The van der Waals surface area contributed by atoms with Crippen LogP contribution in [0, 0.1) is 6.92 Å². The molecule has 3 aromatic rings. The monoisotopic (exact) mass is 297 g/mol. The van der Waals surface area contributed by atoms with E-state index in [0.717, 1.165) is 22.1 Å². The summed E-state index contributed by atoms with van der Waals surface area (Å²) in [6.07, 6.45) is 1.73. The van der Waals surface area contributed by atoms with Gasteiger partial charge in [-0.15, -0.1) is 11.3 Å². The fourth-order valence-electron chi connectivity index (χ4n) is 2.01. The number of aromatic nitrogens is 2. The minimum absolute atomic E-state index is 0.598. The van der Waals surface area contributed by atoms with Crippen LogP contribution in [-0.4, -0.2) is 17.1 Å². The van der Waals surface area contributed by atoms with E-state index in [1.54, 1.807) is 24.6 Å². The number of hydrogen-bond donors (Lipinski definition) is 1. The SMILES string of the molecule is COc1ccc(Nc2nc(-c3ccccc3)c(C)s2)cn1. The second-order valence-corrected chi connectivity index (χ2v) is 5.71. The fraction of sp³-hybridized carbons (Fsp3) is 0.125. The maximum Gasteiger partial charge on any atom is 0.213 e. The van der Waals surface area contributed by atoms with Crippen molar-refractivity contribution in [2.75, 3.05) is 12.4 Å². The summed E-state index contributed by atoms with van der Waals surface area (Å²) >= 11 is 1.63. The van der Waals surface area contributed by atoms with Gasteiger partial charge in [0.05, 0.1) is 24.7 Å². The van der Waals surface area contributed by atoms with E-state index in [1.807, 2.05) is 30.3 Å². The number of nitrogens with zero attached hydrogens (tertiary/aromatic N) is 2. The molecule has 2 heterocycles. The third kappa shape index (κ3) is 3.03. The lowest BCUT2D eigenvalue weighted by Crippen LogP contribution is -1.92. The number of ether oxygens (including phenoxy) is 1. The molecule has 0 saturated heterocycles. The van der Waals surface area contributed by atoms with Crippen LogP contribution >= 0.6 is 11.3 Å². The predicted octanol–water partition coefficient (Wildman–Crippen LogP) is 4.27. The number of nitrogens with one attached hydrogen (secondary N) is 1. The topological polar surface area (TPSA) is 47.0 Å². The summed E-state index contributed by atoms with van der Waals surface area (Å²) in [6.45, 7) is 2.08. The van der Waals surface area contributed by atoms with Crippen molar-refractivity contribution in [1.29, 1.82) is 0 Å². The summed E-state index contributed by atoms with van der Waals surface area (Å²) in [5.74, 6) is 0.598. The molecule has 4 nitrogen and oxygen atoms in total. The van der Waals surface area contributed by atoms with Crippen LogP contribution in [0.25, 0.3) is 11.3 Å². The van der Waals surface area contributed by atoms with E-state index in [4.69, 9.17) is 4.74 Å². The first kappa shape index (κ1) is 13.6. The molecule has 0 radical (unpaired) electrons. The first-order valence-electron chi connectivity index (χ1n) is 6.56. The largest absolute Gasteiger partial charge is 0.481 e. The molecule has 0 unspecified atom stereocenters. The Labute approximate surface area is 127 Å². The number of pyridine rings is 1. The Balaban J connectivity index is 1.83. The van der Waals surface area contributed by atoms with Crippen molar-refractivity contribution in [2.24, 2.45) is 0 Å². The lowest BCUT2D eigenvalue weighted by atomic mass is 10.1. The highest BCUT2D eigenvalue weighted by Gasteiger charge is 2.09. The van der Waals surface area contributed by atoms with Gasteiger partial charge < -0.3 is 10.1 Å². The Morgan fingerprint density at radius 2 is 1.90 bits per heavy atom. The van der Waals surface area contributed by atoms with Crippen LogP contribution < -0.4 is 10.1 Å². The zero-order valence-electron chi connectivity index (χ0n) is 11.8. The molecule has 0 amide bonds. The van der Waals surface area contributed by atoms with Crippen LogP contribution in [0.15, 0.2) is 48.7 Å². The van der Waals surface area contributed by atoms with E-state index >= 15 is 0 Å². The molecule has 0 bridgehead atoms. The predicted molar refractivity (Wildman–Crippen MR) is 86.4 cm³/mol. The van der Waals surface area contributed by atoms with Crippen LogP contribution in [0.5, 0.6) is 5.88 Å². The first-order chi connectivity index (χ1) is 10.3. The fourth-order valence-corrected chi connectivity index (χ4v) is 2.87. The van der Waals surface area contributed by atoms with Crippen molar-refractivity contribution in [1.82, 2.24) is 9.97 Å². The van der Waals surface area contributed by atoms with E-state index in [0.29, 0.717) is 5.88 Å². The summed E-state index contributed by atoms with van der Waals surface area (Å²) in [4.78, 5) is 10.0. The highest BCUT2D eigenvalue weighted by molar-refractivity contribution is 7.16. The number of benzene rings is 1. The van der Waals surface area contributed by atoms with Gasteiger partial charge in [-0.25, -0.2) is 9.97 Å². The van der Waals surface area contributed by atoms with Crippen LogP contribution in [0.2, 0.25) is 0 Å². The molecule has 0 aliphatic rings. The number of anilines is 2. The van der Waals surface area contributed by atoms with Crippen molar-refractivity contribution in [2.45, 2.75) is 6.92 Å². The number of thiazole rings is 1. The van der Waals surface area contributed by atoms with E-state index in [-0.39, 0.29) is 0 Å². The smallest absolute Gasteiger partial charge is 0.213 e. The third-order valence-electron chi connectivity index (χ3n) is 3.04. The molecule has 1 aromatic carbocycles. The standard InChI is InChI=1S/C16H15N3OS/c1-11-15(12-6-4-3-5-7-12)19-16(21-11)18-13-8-9-14(20-2)17-10-13/h3-10H,1-2H3,(H,18,19). The van der Waals surface area contributed by atoms with Gasteiger partial charge in [-0.2, -0.15) is 0 Å². The Morgan fingerprint density at radius 3 is 2.57 bits per heavy atom. The van der Waals surface area contributed by atoms with E-state index in [2.05, 4.69) is 34.3 Å². The van der Waals surface area contributed by atoms with Gasteiger partial charge in [0.15, 0.2) is 5.13 Å². The lowest BCUT2D eigenvalue weighted by molar-refractivity contribution is 0.398. The molecule has 0 aliphatic carbocycles. The van der Waals surface area contributed by atoms with Crippen molar-refractivity contribution >= 4 is 22.2 Å². The molecule has 0 saturated carbocycles. The summed E-state index contributed by atoms with van der Waals surface area (Å²) in [5.41, 5.74) is 3.04. The summed E-state index contributed by atoms with van der Waals surface area (Å²) in [6, 6.07) is 13.9. The minimum Gasteiger partial charge on any atom is -0.481 e. The van der Waals surface area contributed by atoms with Gasteiger partial charge in [-0.05, 0) is 13.0 Å². The van der Waals surface area contributed by atoms with Gasteiger partial charge in [0.2, 0.25) is 5.88 Å². The van der Waals surface area contributed by atoms with E-state index in [1.165, 1.54) is 4.88 Å². The molecule has 3 rings (SSSR count). The maximum absolute atomic E-state index is 5.05. The number of aryl methyl sites for hydroxylation is 1. The van der Waals surface area contributed by atoms with Crippen LogP contribution in [0.1, 0.15) is 4.88 Å².